The summed E-state index contributed by atoms with van der Waals surface area (Å²) < 4.78 is 54.5. The van der Waals surface area contributed by atoms with Gasteiger partial charge in [-0.25, -0.2) is 4.79 Å². The van der Waals surface area contributed by atoms with Gasteiger partial charge in [-0.15, -0.1) is 0 Å². The van der Waals surface area contributed by atoms with Crippen LogP contribution in [-0.4, -0.2) is 121 Å². The van der Waals surface area contributed by atoms with E-state index >= 15 is 0 Å². The Labute approximate surface area is 358 Å². The molecule has 9 rings (SSSR count). The van der Waals surface area contributed by atoms with Crippen LogP contribution in [0.5, 0.6) is 5.75 Å². The molecule has 4 aliphatic carbocycles. The maximum Gasteiger partial charge on any atom is 0.338 e. The Kier molecular flexibility index (Phi) is 11.9. The minimum absolute atomic E-state index is 0.0603. The first-order valence-electron chi connectivity index (χ1n) is 22.8. The third-order valence-electron chi connectivity index (χ3n) is 16.7. The number of aliphatic hydroxyl groups excluding tert-OH is 3. The molecule has 4 aliphatic heterocycles. The highest BCUT2D eigenvalue weighted by Gasteiger charge is 2.68. The quantitative estimate of drug-likeness (QED) is 0.233. The van der Waals surface area contributed by atoms with Gasteiger partial charge in [0.2, 0.25) is 0 Å². The first-order chi connectivity index (χ1) is 29.1. The van der Waals surface area contributed by atoms with Crippen LogP contribution in [0.4, 0.5) is 0 Å². The van der Waals surface area contributed by atoms with Crippen molar-refractivity contribution in [2.45, 2.75) is 160 Å². The zero-order chi connectivity index (χ0) is 43.0. The SMILES string of the molecule is COc1ccc(C(=O)O[C@H]2[C@H](O[C@H]3CO[C@@H](O[C@H]4CC[C@@]5(C)C(=CC[C@H]6[C@@H]7C[C@@H]8O[C@]9(CC[C@@H](C)CO9)[C@@H](C)[C@@H]8[C@@]7(C)CC[C@@H]65)C4)[C@H](OC(C)=O)[C@H]3O)OC[C@@H](O)[C@@H]2O)cc1. The van der Waals surface area contributed by atoms with Crippen LogP contribution >= 0.6 is 0 Å². The van der Waals surface area contributed by atoms with Crippen molar-refractivity contribution in [1.82, 2.24) is 0 Å². The standard InChI is InChI=1S/C47H66O14/c1-24-13-18-47(56-21-24)25(2)37-35(61-47)20-33-31-12-9-28-19-30(14-16-45(28,4)32(31)15-17-46(33,37)5)58-43-41(57-26(3)48)39(51)36(23-55-43)59-44-40(38(50)34(49)22-54-44)60-42(52)27-7-10-29(53-6)11-8-27/h7-11,24-25,30-41,43-44,49-51H,12-23H2,1-6H3/t24-,25+,30+,31-,32+,33+,34-,35+,36+,37+,38+,39+,40-,41-,43+,44+,45+,46+,47-/m1/s1. The topological polar surface area (TPSA) is 178 Å². The van der Waals surface area contributed by atoms with Crippen molar-refractivity contribution in [3.8, 4) is 5.75 Å². The summed E-state index contributed by atoms with van der Waals surface area (Å²) in [5.41, 5.74) is 1.90. The molecule has 1 aromatic carbocycles. The van der Waals surface area contributed by atoms with Gasteiger partial charge in [0.05, 0.1) is 44.7 Å². The summed E-state index contributed by atoms with van der Waals surface area (Å²) in [4.78, 5) is 25.5. The van der Waals surface area contributed by atoms with E-state index in [0.29, 0.717) is 41.3 Å². The minimum Gasteiger partial charge on any atom is -0.497 e. The lowest BCUT2D eigenvalue weighted by Crippen LogP contribution is -2.61. The molecule has 0 aromatic heterocycles. The largest absolute Gasteiger partial charge is 0.497 e. The maximum absolute atomic E-state index is 13.1. The monoisotopic (exact) mass is 854 g/mol. The molecule has 8 aliphatic rings. The molecule has 0 radical (unpaired) electrons. The van der Waals surface area contributed by atoms with E-state index in [1.807, 2.05) is 0 Å². The van der Waals surface area contributed by atoms with Crippen LogP contribution in [-0.2, 0) is 42.7 Å². The molecule has 4 heterocycles. The molecule has 3 N–H and O–H groups in total. The van der Waals surface area contributed by atoms with Crippen LogP contribution in [0, 0.1) is 46.3 Å². The van der Waals surface area contributed by atoms with Crippen LogP contribution in [0.1, 0.15) is 103 Å². The lowest BCUT2D eigenvalue weighted by molar-refractivity contribution is -0.333. The number of aliphatic hydroxyl groups is 3. The molecule has 0 amide bonds. The average Bonchev–Trinajstić information content (AvgIpc) is 3.69. The fourth-order valence-corrected chi connectivity index (χ4v) is 13.4. The fourth-order valence-electron chi connectivity index (χ4n) is 13.4. The third kappa shape index (κ3) is 7.67. The molecular weight excluding hydrogens is 789 g/mol. The molecule has 19 atom stereocenters. The molecular formula is C47H66O14. The average molecular weight is 855 g/mol. The molecule has 14 heteroatoms. The van der Waals surface area contributed by atoms with Crippen molar-refractivity contribution >= 4 is 11.9 Å². The van der Waals surface area contributed by atoms with Gasteiger partial charge in [-0.1, -0.05) is 39.3 Å². The second-order valence-corrected chi connectivity index (χ2v) is 20.1. The molecule has 0 unspecified atom stereocenters. The van der Waals surface area contributed by atoms with Crippen molar-refractivity contribution < 1.29 is 67.5 Å². The summed E-state index contributed by atoms with van der Waals surface area (Å²) in [6.45, 7) is 11.3. The van der Waals surface area contributed by atoms with Gasteiger partial charge in [-0.3, -0.25) is 4.79 Å². The highest BCUT2D eigenvalue weighted by atomic mass is 16.7. The van der Waals surface area contributed by atoms with E-state index in [9.17, 15) is 24.9 Å². The summed E-state index contributed by atoms with van der Waals surface area (Å²) in [7, 11) is 1.50. The number of hydrogen-bond donors (Lipinski definition) is 3. The molecule has 338 valence electrons. The van der Waals surface area contributed by atoms with Crippen LogP contribution in [0.3, 0.4) is 0 Å². The summed E-state index contributed by atoms with van der Waals surface area (Å²) in [6, 6.07) is 6.18. The predicted octanol–water partition coefficient (Wildman–Crippen LogP) is 5.08. The number of carbonyl (C=O) groups excluding carboxylic acids is 2. The number of benzene rings is 1. The van der Waals surface area contributed by atoms with Crippen molar-refractivity contribution in [2.75, 3.05) is 26.9 Å². The van der Waals surface area contributed by atoms with E-state index in [2.05, 4.69) is 33.8 Å². The smallest absolute Gasteiger partial charge is 0.338 e. The Balaban J connectivity index is 0.842. The number of methoxy groups -OCH3 is 1. The predicted molar refractivity (Wildman–Crippen MR) is 217 cm³/mol. The molecule has 61 heavy (non-hydrogen) atoms. The molecule has 0 bridgehead atoms. The normalized spacial score (nSPS) is 47.9. The second-order valence-electron chi connectivity index (χ2n) is 20.1. The molecule has 7 fully saturated rings. The molecule has 1 aromatic rings. The number of hydrogen-bond acceptors (Lipinski definition) is 14. The first kappa shape index (κ1) is 43.6. The van der Waals surface area contributed by atoms with Gasteiger partial charge in [-0.05, 0) is 116 Å². The Morgan fingerprint density at radius 3 is 2.30 bits per heavy atom. The zero-order valence-electron chi connectivity index (χ0n) is 36.4. The van der Waals surface area contributed by atoms with E-state index < -0.39 is 66.9 Å². The van der Waals surface area contributed by atoms with E-state index in [1.54, 1.807) is 12.1 Å². The van der Waals surface area contributed by atoms with Crippen LogP contribution in [0.25, 0.3) is 0 Å². The minimum atomic E-state index is -1.55. The maximum atomic E-state index is 13.1. The fraction of sp³-hybridized carbons (Fsp3) is 0.787. The Morgan fingerprint density at radius 1 is 0.836 bits per heavy atom. The highest BCUT2D eigenvalue weighted by Crippen LogP contribution is 2.70. The number of ether oxygens (including phenoxy) is 9. The van der Waals surface area contributed by atoms with Gasteiger partial charge >= 0.3 is 11.9 Å². The first-order valence-corrected chi connectivity index (χ1v) is 22.8. The number of esters is 2. The summed E-state index contributed by atoms with van der Waals surface area (Å²) in [5.74, 6) is 2.03. The van der Waals surface area contributed by atoms with Gasteiger partial charge < -0.3 is 58.0 Å². The summed E-state index contributed by atoms with van der Waals surface area (Å²) in [6.07, 6.45) is 1.16. The Hall–Kier alpha value is -2.66. The third-order valence-corrected chi connectivity index (χ3v) is 16.7. The van der Waals surface area contributed by atoms with Crippen LogP contribution in [0.2, 0.25) is 0 Å². The number of rotatable bonds is 8. The van der Waals surface area contributed by atoms with Crippen LogP contribution < -0.4 is 4.74 Å². The summed E-state index contributed by atoms with van der Waals surface area (Å²) in [5, 5.41) is 32.9. The van der Waals surface area contributed by atoms with E-state index in [4.69, 9.17) is 42.6 Å². The number of carbonyl (C=O) groups is 2. The van der Waals surface area contributed by atoms with Gasteiger partial charge in [0.1, 0.15) is 30.2 Å². The molecule has 4 saturated heterocycles. The number of allylic oxidation sites excluding steroid dienone is 1. The molecule has 3 saturated carbocycles. The van der Waals surface area contributed by atoms with Gasteiger partial charge in [-0.2, -0.15) is 0 Å². The van der Waals surface area contributed by atoms with Crippen molar-refractivity contribution in [3.63, 3.8) is 0 Å². The van der Waals surface area contributed by atoms with E-state index in [1.165, 1.54) is 51.0 Å². The Morgan fingerprint density at radius 2 is 1.57 bits per heavy atom. The Bertz CT molecular complexity index is 1790. The molecule has 14 nitrogen and oxygen atoms in total. The second kappa shape index (κ2) is 16.7. The lowest BCUT2D eigenvalue weighted by atomic mass is 9.47. The molecule has 1 spiro atoms. The number of fused-ring (bicyclic) bond motifs is 7. The highest BCUT2D eigenvalue weighted by molar-refractivity contribution is 5.89. The van der Waals surface area contributed by atoms with E-state index in [-0.39, 0.29) is 41.8 Å². The zero-order valence-corrected chi connectivity index (χ0v) is 36.4. The lowest BCUT2D eigenvalue weighted by Gasteiger charge is -2.58. The summed E-state index contributed by atoms with van der Waals surface area (Å²) >= 11 is 0. The van der Waals surface area contributed by atoms with Gasteiger partial charge in [0.15, 0.2) is 30.6 Å². The van der Waals surface area contributed by atoms with Crippen molar-refractivity contribution in [3.05, 3.63) is 41.5 Å². The van der Waals surface area contributed by atoms with Crippen molar-refractivity contribution in [2.24, 2.45) is 46.3 Å². The van der Waals surface area contributed by atoms with E-state index in [0.717, 1.165) is 45.1 Å². The van der Waals surface area contributed by atoms with Crippen molar-refractivity contribution in [1.29, 1.82) is 0 Å². The van der Waals surface area contributed by atoms with Crippen LogP contribution in [0.15, 0.2) is 35.9 Å². The van der Waals surface area contributed by atoms with Gasteiger partial charge in [0, 0.05) is 19.3 Å². The van der Waals surface area contributed by atoms with Gasteiger partial charge in [0.25, 0.3) is 0 Å².